The monoisotopic (exact) mass is 417 g/mol. The molecule has 0 aliphatic rings. The predicted octanol–water partition coefficient (Wildman–Crippen LogP) is 4.00. The van der Waals surface area contributed by atoms with Crippen molar-refractivity contribution in [2.24, 2.45) is 0 Å². The summed E-state index contributed by atoms with van der Waals surface area (Å²) in [6, 6.07) is 18.6. The van der Waals surface area contributed by atoms with Crippen LogP contribution < -0.4 is 4.74 Å². The van der Waals surface area contributed by atoms with Crippen molar-refractivity contribution < 1.29 is 19.2 Å². The Kier molecular flexibility index (Phi) is 6.24. The molecule has 0 saturated heterocycles. The van der Waals surface area contributed by atoms with Gasteiger partial charge in [-0.15, -0.1) is 0 Å². The van der Waals surface area contributed by atoms with Crippen LogP contribution in [0.2, 0.25) is 0 Å². The molecule has 1 atom stereocenters. The fourth-order valence-corrected chi connectivity index (χ4v) is 3.30. The number of pyridine rings is 1. The van der Waals surface area contributed by atoms with Gasteiger partial charge in [0, 0.05) is 42.8 Å². The number of hydrogen-bond donors (Lipinski definition) is 1. The molecule has 0 fully saturated rings. The lowest BCUT2D eigenvalue weighted by Gasteiger charge is -2.18. The van der Waals surface area contributed by atoms with Gasteiger partial charge in [-0.2, -0.15) is 0 Å². The highest BCUT2D eigenvalue weighted by Crippen LogP contribution is 2.25. The van der Waals surface area contributed by atoms with Crippen molar-refractivity contribution >= 4 is 16.7 Å². The van der Waals surface area contributed by atoms with Gasteiger partial charge in [-0.05, 0) is 24.1 Å². The first-order chi connectivity index (χ1) is 15.1. The van der Waals surface area contributed by atoms with Crippen LogP contribution in [0, 0.1) is 0 Å². The number of rotatable bonds is 8. The molecule has 2 aromatic heterocycles. The number of carbonyl (C=O) groups is 1. The van der Waals surface area contributed by atoms with Crippen molar-refractivity contribution in [2.45, 2.75) is 19.1 Å². The second-order valence-electron chi connectivity index (χ2n) is 7.26. The van der Waals surface area contributed by atoms with Crippen LogP contribution >= 0.6 is 0 Å². The van der Waals surface area contributed by atoms with Crippen LogP contribution in [0.4, 0.5) is 0 Å². The first kappa shape index (κ1) is 20.6. The molecule has 1 amide bonds. The van der Waals surface area contributed by atoms with Crippen LogP contribution in [-0.2, 0) is 6.61 Å². The van der Waals surface area contributed by atoms with E-state index in [1.165, 1.54) is 4.90 Å². The van der Waals surface area contributed by atoms with Gasteiger partial charge in [0.1, 0.15) is 12.4 Å². The number of fused-ring (bicyclic) bond motifs is 1. The van der Waals surface area contributed by atoms with Gasteiger partial charge in [0.15, 0.2) is 11.5 Å². The molecule has 0 saturated carbocycles. The van der Waals surface area contributed by atoms with E-state index in [4.69, 9.17) is 9.26 Å². The van der Waals surface area contributed by atoms with Gasteiger partial charge in [-0.3, -0.25) is 9.78 Å². The molecule has 0 bridgehead atoms. The Hall–Kier alpha value is -3.71. The molecule has 2 heterocycles. The molecule has 1 N–H and O–H groups in total. The minimum absolute atomic E-state index is 0.151. The lowest BCUT2D eigenvalue weighted by Crippen LogP contribution is -2.29. The molecule has 4 aromatic rings. The third kappa shape index (κ3) is 4.90. The molecule has 7 heteroatoms. The molecule has 31 heavy (non-hydrogen) atoms. The molecular formula is C24H23N3O4. The number of benzene rings is 2. The Morgan fingerprint density at radius 3 is 2.84 bits per heavy atom. The van der Waals surface area contributed by atoms with Crippen LogP contribution in [-0.4, -0.2) is 39.6 Å². The SMILES string of the molecule is CN(CC[C@@H](O)c1ccccc1)C(=O)c1cc(COc2cccc3cnccc23)on1. The number of aliphatic hydroxyl groups excluding tert-OH is 1. The largest absolute Gasteiger partial charge is 0.485 e. The van der Waals surface area contributed by atoms with E-state index < -0.39 is 6.10 Å². The van der Waals surface area contributed by atoms with E-state index in [2.05, 4.69) is 10.1 Å². The third-order valence-corrected chi connectivity index (χ3v) is 5.06. The maximum Gasteiger partial charge on any atom is 0.275 e. The van der Waals surface area contributed by atoms with Gasteiger partial charge in [0.25, 0.3) is 5.91 Å². The fraction of sp³-hybridized carbons (Fsp3) is 0.208. The Balaban J connectivity index is 1.34. The Labute approximate surface area is 179 Å². The van der Waals surface area contributed by atoms with Crippen molar-refractivity contribution in [1.29, 1.82) is 0 Å². The number of ether oxygens (including phenoxy) is 1. The van der Waals surface area contributed by atoms with E-state index >= 15 is 0 Å². The minimum Gasteiger partial charge on any atom is -0.485 e. The summed E-state index contributed by atoms with van der Waals surface area (Å²) in [5.41, 5.74) is 1.03. The fourth-order valence-electron chi connectivity index (χ4n) is 3.30. The van der Waals surface area contributed by atoms with E-state index in [0.717, 1.165) is 16.3 Å². The zero-order valence-electron chi connectivity index (χ0n) is 17.1. The number of nitrogens with zero attached hydrogens (tertiary/aromatic N) is 3. The number of amides is 1. The Morgan fingerprint density at radius 1 is 1.16 bits per heavy atom. The number of hydrogen-bond acceptors (Lipinski definition) is 6. The molecule has 0 radical (unpaired) electrons. The number of aromatic nitrogens is 2. The van der Waals surface area contributed by atoms with Gasteiger partial charge in [0.05, 0.1) is 6.10 Å². The number of aliphatic hydroxyl groups is 1. The molecule has 2 aromatic carbocycles. The Bertz CT molecular complexity index is 1150. The second-order valence-corrected chi connectivity index (χ2v) is 7.26. The molecule has 4 rings (SSSR count). The van der Waals surface area contributed by atoms with Crippen LogP contribution in [0.5, 0.6) is 5.75 Å². The van der Waals surface area contributed by atoms with Gasteiger partial charge in [0.2, 0.25) is 0 Å². The maximum atomic E-state index is 12.6. The summed E-state index contributed by atoms with van der Waals surface area (Å²) >= 11 is 0. The van der Waals surface area contributed by atoms with E-state index in [-0.39, 0.29) is 18.2 Å². The average Bonchev–Trinajstić information content (AvgIpc) is 3.30. The van der Waals surface area contributed by atoms with Crippen molar-refractivity contribution in [2.75, 3.05) is 13.6 Å². The van der Waals surface area contributed by atoms with Crippen molar-refractivity contribution in [1.82, 2.24) is 15.0 Å². The van der Waals surface area contributed by atoms with Crippen LogP contribution in [0.1, 0.15) is 34.3 Å². The topological polar surface area (TPSA) is 88.7 Å². The smallest absolute Gasteiger partial charge is 0.275 e. The summed E-state index contributed by atoms with van der Waals surface area (Å²) in [5, 5.41) is 16.1. The molecule has 0 spiro atoms. The number of carbonyl (C=O) groups excluding carboxylic acids is 1. The van der Waals surface area contributed by atoms with Crippen molar-refractivity contribution in [3.05, 3.63) is 90.1 Å². The maximum absolute atomic E-state index is 12.6. The summed E-state index contributed by atoms with van der Waals surface area (Å²) in [4.78, 5) is 18.3. The zero-order chi connectivity index (χ0) is 21.6. The average molecular weight is 417 g/mol. The van der Waals surface area contributed by atoms with Crippen LogP contribution in [0.3, 0.4) is 0 Å². The molecule has 0 aliphatic heterocycles. The summed E-state index contributed by atoms with van der Waals surface area (Å²) < 4.78 is 11.1. The van der Waals surface area contributed by atoms with E-state index in [9.17, 15) is 9.90 Å². The predicted molar refractivity (Wildman–Crippen MR) is 116 cm³/mol. The summed E-state index contributed by atoms with van der Waals surface area (Å²) in [6.07, 6.45) is 3.28. The van der Waals surface area contributed by atoms with Gasteiger partial charge in [-0.25, -0.2) is 0 Å². The van der Waals surface area contributed by atoms with E-state index in [0.29, 0.717) is 24.5 Å². The minimum atomic E-state index is -0.631. The highest BCUT2D eigenvalue weighted by Gasteiger charge is 2.18. The molecule has 7 nitrogen and oxygen atoms in total. The van der Waals surface area contributed by atoms with Crippen LogP contribution in [0.25, 0.3) is 10.8 Å². The van der Waals surface area contributed by atoms with Crippen molar-refractivity contribution in [3.8, 4) is 5.75 Å². The quantitative estimate of drug-likeness (QED) is 0.466. The molecule has 0 unspecified atom stereocenters. The normalized spacial score (nSPS) is 11.9. The molecule has 158 valence electrons. The lowest BCUT2D eigenvalue weighted by atomic mass is 10.1. The third-order valence-electron chi connectivity index (χ3n) is 5.06. The lowest BCUT2D eigenvalue weighted by molar-refractivity contribution is 0.0751. The summed E-state index contributed by atoms with van der Waals surface area (Å²) in [7, 11) is 1.68. The first-order valence-corrected chi connectivity index (χ1v) is 10.0. The second kappa shape index (κ2) is 9.40. The zero-order valence-corrected chi connectivity index (χ0v) is 17.1. The molecule has 0 aliphatic carbocycles. The molecular weight excluding hydrogens is 394 g/mol. The van der Waals surface area contributed by atoms with Gasteiger partial charge >= 0.3 is 0 Å². The highest BCUT2D eigenvalue weighted by atomic mass is 16.5. The van der Waals surface area contributed by atoms with Crippen molar-refractivity contribution in [3.63, 3.8) is 0 Å². The summed E-state index contributed by atoms with van der Waals surface area (Å²) in [6.45, 7) is 0.537. The Morgan fingerprint density at radius 2 is 2.00 bits per heavy atom. The standard InChI is InChI=1S/C24H23N3O4/c1-27(13-11-22(28)17-6-3-2-4-7-17)24(29)21-14-19(31-26-21)16-30-23-9-5-8-18-15-25-12-10-20(18)23/h2-10,12,14-15,22,28H,11,13,16H2,1H3/t22-/m1/s1. The van der Waals surface area contributed by atoms with Gasteiger partial charge in [-0.1, -0.05) is 47.6 Å². The summed E-state index contributed by atoms with van der Waals surface area (Å²) in [5.74, 6) is 0.884. The highest BCUT2D eigenvalue weighted by molar-refractivity contribution is 5.92. The van der Waals surface area contributed by atoms with E-state index in [1.807, 2.05) is 54.6 Å². The van der Waals surface area contributed by atoms with Gasteiger partial charge < -0.3 is 19.3 Å². The van der Waals surface area contributed by atoms with E-state index in [1.54, 1.807) is 25.5 Å². The van der Waals surface area contributed by atoms with Crippen LogP contribution in [0.15, 0.2) is 77.6 Å². The first-order valence-electron chi connectivity index (χ1n) is 10.0.